The lowest BCUT2D eigenvalue weighted by Gasteiger charge is -2.32. The third-order valence-corrected chi connectivity index (χ3v) is 7.44. The number of likely N-dealkylation sites (tertiary alicyclic amines) is 1. The first-order valence-corrected chi connectivity index (χ1v) is 12.4. The Morgan fingerprint density at radius 3 is 2.32 bits per heavy atom. The van der Waals surface area contributed by atoms with Crippen molar-refractivity contribution in [2.75, 3.05) is 20.2 Å². The number of benzene rings is 1. The number of nitrogens with zero attached hydrogens (tertiary/aromatic N) is 3. The van der Waals surface area contributed by atoms with E-state index in [0.717, 1.165) is 43.6 Å². The minimum atomic E-state index is -4.79. The fourth-order valence-electron chi connectivity index (χ4n) is 5.47. The van der Waals surface area contributed by atoms with Gasteiger partial charge in [-0.1, -0.05) is 0 Å². The molecular weight excluding hydrogens is 492 g/mol. The zero-order chi connectivity index (χ0) is 26.2. The number of imidazole rings is 1. The number of piperidine rings is 1. The van der Waals surface area contributed by atoms with Crippen LogP contribution in [0, 0.1) is 5.82 Å². The Kier molecular flexibility index (Phi) is 7.06. The highest BCUT2D eigenvalue weighted by Gasteiger charge is 2.32. The SMILES string of the molecule is CO[C@H]1CC[C@H](c2nc3c(C4CCN(C(=O)c5ccc(OC(F)(F)F)cc5)CC4)c(F)cnc3[nH]2)CC1. The van der Waals surface area contributed by atoms with Crippen LogP contribution >= 0.6 is 0 Å². The van der Waals surface area contributed by atoms with Gasteiger partial charge in [-0.2, -0.15) is 0 Å². The molecule has 2 aliphatic rings. The van der Waals surface area contributed by atoms with Crippen molar-refractivity contribution in [1.82, 2.24) is 19.9 Å². The number of hydrogen-bond donors (Lipinski definition) is 1. The molecule has 1 saturated carbocycles. The van der Waals surface area contributed by atoms with Crippen LogP contribution < -0.4 is 4.74 Å². The maximum absolute atomic E-state index is 15.0. The number of amides is 1. The number of pyridine rings is 1. The lowest BCUT2D eigenvalue weighted by atomic mass is 9.87. The fourth-order valence-corrected chi connectivity index (χ4v) is 5.47. The van der Waals surface area contributed by atoms with Gasteiger partial charge in [-0.25, -0.2) is 14.4 Å². The fraction of sp³-hybridized carbons (Fsp3) is 0.500. The molecule has 0 radical (unpaired) electrons. The third-order valence-electron chi connectivity index (χ3n) is 7.44. The van der Waals surface area contributed by atoms with Crippen LogP contribution in [-0.2, 0) is 4.74 Å². The predicted octanol–water partition coefficient (Wildman–Crippen LogP) is 5.69. The maximum Gasteiger partial charge on any atom is 0.573 e. The van der Waals surface area contributed by atoms with E-state index in [1.165, 1.54) is 18.3 Å². The van der Waals surface area contributed by atoms with Gasteiger partial charge < -0.3 is 19.4 Å². The molecular formula is C26H28F4N4O3. The Bertz CT molecular complexity index is 1250. The molecule has 11 heteroatoms. The summed E-state index contributed by atoms with van der Waals surface area (Å²) in [6.45, 7) is 0.789. The highest BCUT2D eigenvalue weighted by atomic mass is 19.4. The van der Waals surface area contributed by atoms with Crippen LogP contribution in [0.1, 0.15) is 72.1 Å². The van der Waals surface area contributed by atoms with E-state index in [4.69, 9.17) is 9.72 Å². The van der Waals surface area contributed by atoms with E-state index < -0.39 is 12.2 Å². The molecule has 1 aliphatic heterocycles. The molecule has 7 nitrogen and oxygen atoms in total. The molecule has 1 aliphatic carbocycles. The van der Waals surface area contributed by atoms with Gasteiger partial charge in [0.05, 0.1) is 12.3 Å². The molecule has 2 fully saturated rings. The summed E-state index contributed by atoms with van der Waals surface area (Å²) in [5.41, 5.74) is 1.92. The lowest BCUT2D eigenvalue weighted by Crippen LogP contribution is -2.38. The van der Waals surface area contributed by atoms with Gasteiger partial charge in [-0.15, -0.1) is 13.2 Å². The maximum atomic E-state index is 15.0. The molecule has 1 saturated heterocycles. The van der Waals surface area contributed by atoms with E-state index >= 15 is 4.39 Å². The summed E-state index contributed by atoms with van der Waals surface area (Å²) in [7, 11) is 1.73. The summed E-state index contributed by atoms with van der Waals surface area (Å²) in [5.74, 6) is -0.120. The molecule has 5 rings (SSSR count). The minimum absolute atomic E-state index is 0.127. The smallest absolute Gasteiger partial charge is 0.406 e. The van der Waals surface area contributed by atoms with Crippen LogP contribution in [0.3, 0.4) is 0 Å². The van der Waals surface area contributed by atoms with Gasteiger partial charge in [0, 0.05) is 37.2 Å². The summed E-state index contributed by atoms with van der Waals surface area (Å²) in [5, 5.41) is 0. The number of alkyl halides is 3. The summed E-state index contributed by atoms with van der Waals surface area (Å²) >= 11 is 0. The predicted molar refractivity (Wildman–Crippen MR) is 127 cm³/mol. The number of aromatic nitrogens is 3. The van der Waals surface area contributed by atoms with Gasteiger partial charge in [-0.05, 0) is 68.7 Å². The third kappa shape index (κ3) is 5.56. The first kappa shape index (κ1) is 25.4. The Hall–Kier alpha value is -3.21. The minimum Gasteiger partial charge on any atom is -0.406 e. The summed E-state index contributed by atoms with van der Waals surface area (Å²) in [6, 6.07) is 4.86. The van der Waals surface area contributed by atoms with Crippen LogP contribution in [-0.4, -0.2) is 58.4 Å². The monoisotopic (exact) mass is 520 g/mol. The second-order valence-corrected chi connectivity index (χ2v) is 9.69. The second kappa shape index (κ2) is 10.3. The molecule has 1 N–H and O–H groups in total. The van der Waals surface area contributed by atoms with Gasteiger partial charge in [0.2, 0.25) is 0 Å². The largest absolute Gasteiger partial charge is 0.573 e. The standard InChI is InChI=1S/C26H28F4N4O3/c1-36-18-6-2-16(3-7-18)23-32-22-21(20(27)14-31-24(22)33-23)15-10-12-34(13-11-15)25(35)17-4-8-19(9-5-17)37-26(28,29)30/h4-5,8-9,14-16,18H,2-3,6-7,10-13H2,1H3,(H,31,32,33)/t16-,18-. The Morgan fingerprint density at radius 2 is 1.70 bits per heavy atom. The van der Waals surface area contributed by atoms with Crippen molar-refractivity contribution in [2.24, 2.45) is 0 Å². The molecule has 1 aromatic carbocycles. The summed E-state index contributed by atoms with van der Waals surface area (Å²) in [4.78, 5) is 26.8. The zero-order valence-electron chi connectivity index (χ0n) is 20.4. The Labute approximate surface area is 211 Å². The van der Waals surface area contributed by atoms with Crippen molar-refractivity contribution >= 4 is 17.1 Å². The van der Waals surface area contributed by atoms with Gasteiger partial charge in [-0.3, -0.25) is 4.79 Å². The first-order valence-electron chi connectivity index (χ1n) is 12.4. The van der Waals surface area contributed by atoms with E-state index in [1.54, 1.807) is 12.0 Å². The number of carbonyl (C=O) groups excluding carboxylic acids is 1. The van der Waals surface area contributed by atoms with Crippen LogP contribution in [0.4, 0.5) is 17.6 Å². The quantitative estimate of drug-likeness (QED) is 0.438. The van der Waals surface area contributed by atoms with Crippen molar-refractivity contribution in [3.05, 3.63) is 53.2 Å². The van der Waals surface area contributed by atoms with Crippen LogP contribution in [0.5, 0.6) is 5.75 Å². The van der Waals surface area contributed by atoms with Crippen molar-refractivity contribution in [3.8, 4) is 5.75 Å². The van der Waals surface area contributed by atoms with Crippen molar-refractivity contribution < 1.29 is 31.8 Å². The molecule has 2 aromatic heterocycles. The molecule has 0 spiro atoms. The molecule has 198 valence electrons. The number of methoxy groups -OCH3 is 1. The summed E-state index contributed by atoms with van der Waals surface area (Å²) < 4.78 is 61.5. The molecule has 0 unspecified atom stereocenters. The number of fused-ring (bicyclic) bond motifs is 1. The van der Waals surface area contributed by atoms with Gasteiger partial charge >= 0.3 is 6.36 Å². The normalized spacial score (nSPS) is 21.4. The number of aromatic amines is 1. The van der Waals surface area contributed by atoms with Crippen LogP contribution in [0.25, 0.3) is 11.2 Å². The topological polar surface area (TPSA) is 80.3 Å². The first-order chi connectivity index (χ1) is 17.7. The molecule has 3 heterocycles. The van der Waals surface area contributed by atoms with Gasteiger partial charge in [0.25, 0.3) is 5.91 Å². The molecule has 0 bridgehead atoms. The summed E-state index contributed by atoms with van der Waals surface area (Å²) in [6.07, 6.45) is 1.58. The number of carbonyl (C=O) groups is 1. The zero-order valence-corrected chi connectivity index (χ0v) is 20.4. The average molecular weight is 521 g/mol. The number of nitrogens with one attached hydrogen (secondary N) is 1. The average Bonchev–Trinajstić information content (AvgIpc) is 3.32. The number of hydrogen-bond acceptors (Lipinski definition) is 5. The molecule has 3 aromatic rings. The van der Waals surface area contributed by atoms with E-state index in [-0.39, 0.29) is 35.2 Å². The van der Waals surface area contributed by atoms with Crippen LogP contribution in [0.2, 0.25) is 0 Å². The number of halogens is 4. The Morgan fingerprint density at radius 1 is 1.03 bits per heavy atom. The van der Waals surface area contributed by atoms with E-state index in [1.807, 2.05) is 0 Å². The molecule has 37 heavy (non-hydrogen) atoms. The van der Waals surface area contributed by atoms with E-state index in [0.29, 0.717) is 42.7 Å². The number of rotatable bonds is 5. The van der Waals surface area contributed by atoms with E-state index in [2.05, 4.69) is 14.7 Å². The lowest BCUT2D eigenvalue weighted by molar-refractivity contribution is -0.274. The van der Waals surface area contributed by atoms with Gasteiger partial charge in [0.1, 0.15) is 22.9 Å². The molecule has 1 amide bonds. The number of ether oxygens (including phenoxy) is 2. The Balaban J connectivity index is 1.27. The second-order valence-electron chi connectivity index (χ2n) is 9.69. The number of H-pyrrole nitrogens is 1. The van der Waals surface area contributed by atoms with E-state index in [9.17, 15) is 18.0 Å². The van der Waals surface area contributed by atoms with Crippen LogP contribution in [0.15, 0.2) is 30.5 Å². The van der Waals surface area contributed by atoms with Crippen molar-refractivity contribution in [3.63, 3.8) is 0 Å². The highest BCUT2D eigenvalue weighted by molar-refractivity contribution is 5.94. The molecule has 0 atom stereocenters. The van der Waals surface area contributed by atoms with Gasteiger partial charge in [0.15, 0.2) is 5.65 Å². The van der Waals surface area contributed by atoms with Crippen molar-refractivity contribution in [1.29, 1.82) is 0 Å². The highest BCUT2D eigenvalue weighted by Crippen LogP contribution is 2.37. The van der Waals surface area contributed by atoms with Crippen molar-refractivity contribution in [2.45, 2.75) is 62.8 Å².